The molecule has 0 aliphatic rings. The Labute approximate surface area is 182 Å². The molecule has 1 unspecified atom stereocenters. The molecule has 0 aromatic heterocycles. The van der Waals surface area contributed by atoms with Crippen LogP contribution in [0.15, 0.2) is 35.7 Å². The first-order valence-electron chi connectivity index (χ1n) is 8.74. The highest BCUT2D eigenvalue weighted by Gasteiger charge is 2.13. The molecule has 7 nitrogen and oxygen atoms in total. The number of rotatable bonds is 10. The molecular formula is C21H23ClO7S. The van der Waals surface area contributed by atoms with Crippen molar-refractivity contribution in [3.8, 4) is 28.7 Å². The number of alkyl halides is 1. The number of methoxy groups -OCH3 is 4. The Balaban J connectivity index is 2.22. The van der Waals surface area contributed by atoms with Gasteiger partial charge in [0.2, 0.25) is 0 Å². The highest BCUT2D eigenvalue weighted by molar-refractivity contribution is 7.87. The van der Waals surface area contributed by atoms with Crippen molar-refractivity contribution in [3.63, 3.8) is 0 Å². The number of esters is 1. The van der Waals surface area contributed by atoms with Gasteiger partial charge in [-0.05, 0) is 23.8 Å². The van der Waals surface area contributed by atoms with E-state index in [1.165, 1.54) is 21.3 Å². The Morgan fingerprint density at radius 1 is 0.933 bits per heavy atom. The van der Waals surface area contributed by atoms with Crippen molar-refractivity contribution in [2.24, 2.45) is 0 Å². The van der Waals surface area contributed by atoms with Crippen molar-refractivity contribution < 1.29 is 32.7 Å². The maximum atomic E-state index is 12.6. The van der Waals surface area contributed by atoms with Crippen molar-refractivity contribution in [1.29, 1.82) is 0 Å². The van der Waals surface area contributed by atoms with Crippen molar-refractivity contribution in [3.05, 3.63) is 46.9 Å². The monoisotopic (exact) mass is 454 g/mol. The summed E-state index contributed by atoms with van der Waals surface area (Å²) in [6.07, 6.45) is 1.67. The Bertz CT molecular complexity index is 918. The Hall–Kier alpha value is -2.71. The molecule has 0 fully saturated rings. The predicted octanol–water partition coefficient (Wildman–Crippen LogP) is 3.78. The number of hydrogen-bond acceptors (Lipinski definition) is 7. The summed E-state index contributed by atoms with van der Waals surface area (Å²) in [5.74, 6) is 1.55. The van der Waals surface area contributed by atoms with Gasteiger partial charge >= 0.3 is 5.97 Å². The maximum Gasteiger partial charge on any atom is 0.326 e. The van der Waals surface area contributed by atoms with E-state index in [-0.39, 0.29) is 17.4 Å². The van der Waals surface area contributed by atoms with E-state index in [2.05, 4.69) is 0 Å². The van der Waals surface area contributed by atoms with E-state index in [0.29, 0.717) is 34.1 Å². The molecule has 0 aliphatic carbocycles. The standard InChI is InChI=1S/C21H23ClO7S/c1-25-15-10-18(27-3)16(19(11-15)28-4)7-8-30(24)13-14-5-6-17(26-2)20(9-14)29-21(23)12-22/h5-11H,12-13H2,1-4H3. The van der Waals surface area contributed by atoms with Crippen LogP contribution in [-0.4, -0.2) is 44.5 Å². The molecule has 0 spiro atoms. The lowest BCUT2D eigenvalue weighted by Gasteiger charge is -2.12. The number of hydrogen-bond donors (Lipinski definition) is 0. The highest BCUT2D eigenvalue weighted by atomic mass is 35.5. The van der Waals surface area contributed by atoms with Crippen LogP contribution in [0.2, 0.25) is 0 Å². The Kier molecular flexibility index (Phi) is 9.01. The SMILES string of the molecule is COc1cc(OC)c(C=CS(=O)Cc2ccc(OC)c(OC(=O)CCl)c2)c(OC)c1. The summed E-state index contributed by atoms with van der Waals surface area (Å²) in [4.78, 5) is 11.5. The van der Waals surface area contributed by atoms with E-state index in [1.807, 2.05) is 0 Å². The minimum Gasteiger partial charge on any atom is -0.496 e. The third kappa shape index (κ3) is 6.14. The predicted molar refractivity (Wildman–Crippen MR) is 116 cm³/mol. The maximum absolute atomic E-state index is 12.6. The molecule has 0 heterocycles. The second-order valence-electron chi connectivity index (χ2n) is 5.87. The Morgan fingerprint density at radius 3 is 2.10 bits per heavy atom. The first-order chi connectivity index (χ1) is 14.4. The second kappa shape index (κ2) is 11.5. The summed E-state index contributed by atoms with van der Waals surface area (Å²) in [5.41, 5.74) is 1.34. The molecule has 0 radical (unpaired) electrons. The summed E-state index contributed by atoms with van der Waals surface area (Å²) in [7, 11) is 4.71. The smallest absolute Gasteiger partial charge is 0.326 e. The summed E-state index contributed by atoms with van der Waals surface area (Å²) in [6.45, 7) is 0. The molecule has 2 aromatic rings. The third-order valence-electron chi connectivity index (χ3n) is 4.01. The van der Waals surface area contributed by atoms with Gasteiger partial charge in [0.25, 0.3) is 0 Å². The molecule has 1 atom stereocenters. The van der Waals surface area contributed by atoms with Gasteiger partial charge in [-0.2, -0.15) is 0 Å². The number of benzene rings is 2. The molecule has 0 saturated carbocycles. The molecule has 162 valence electrons. The fourth-order valence-electron chi connectivity index (χ4n) is 2.59. The van der Waals surface area contributed by atoms with Crippen LogP contribution < -0.4 is 23.7 Å². The van der Waals surface area contributed by atoms with Crippen LogP contribution in [0.4, 0.5) is 0 Å². The molecule has 2 rings (SSSR count). The lowest BCUT2D eigenvalue weighted by molar-refractivity contribution is -0.131. The van der Waals surface area contributed by atoms with E-state index in [0.717, 1.165) is 0 Å². The molecule has 0 amide bonds. The first-order valence-corrected chi connectivity index (χ1v) is 10.7. The van der Waals surface area contributed by atoms with Crippen molar-refractivity contribution in [2.45, 2.75) is 5.75 Å². The summed E-state index contributed by atoms with van der Waals surface area (Å²) in [5, 5.41) is 1.54. The van der Waals surface area contributed by atoms with E-state index in [9.17, 15) is 9.00 Å². The van der Waals surface area contributed by atoms with Crippen LogP contribution in [0.5, 0.6) is 28.7 Å². The van der Waals surface area contributed by atoms with Gasteiger partial charge in [0, 0.05) is 17.5 Å². The zero-order valence-electron chi connectivity index (χ0n) is 17.1. The average molecular weight is 455 g/mol. The number of carbonyl (C=O) groups is 1. The van der Waals surface area contributed by atoms with Crippen molar-refractivity contribution in [1.82, 2.24) is 0 Å². The lowest BCUT2D eigenvalue weighted by atomic mass is 10.1. The first kappa shape index (κ1) is 23.6. The fourth-order valence-corrected chi connectivity index (χ4v) is 3.54. The number of carbonyl (C=O) groups excluding carboxylic acids is 1. The van der Waals surface area contributed by atoms with Crippen LogP contribution in [0, 0.1) is 0 Å². The van der Waals surface area contributed by atoms with Crippen LogP contribution >= 0.6 is 11.6 Å². The highest BCUT2D eigenvalue weighted by Crippen LogP contribution is 2.35. The van der Waals surface area contributed by atoms with E-state index in [4.69, 9.17) is 35.3 Å². The molecule has 0 aliphatic heterocycles. The second-order valence-corrected chi connectivity index (χ2v) is 7.46. The minimum atomic E-state index is -1.36. The molecule has 2 aromatic carbocycles. The minimum absolute atomic E-state index is 0.201. The molecule has 0 N–H and O–H groups in total. The van der Waals surface area contributed by atoms with Crippen molar-refractivity contribution >= 4 is 34.4 Å². The molecule has 0 saturated heterocycles. The lowest BCUT2D eigenvalue weighted by Crippen LogP contribution is -2.10. The van der Waals surface area contributed by atoms with E-state index >= 15 is 0 Å². The van der Waals surface area contributed by atoms with Gasteiger partial charge in [0.05, 0.1) is 50.6 Å². The van der Waals surface area contributed by atoms with Crippen LogP contribution in [-0.2, 0) is 21.3 Å². The normalized spacial score (nSPS) is 11.8. The third-order valence-corrected chi connectivity index (χ3v) is 5.29. The molecular weight excluding hydrogens is 432 g/mol. The average Bonchev–Trinajstić information content (AvgIpc) is 2.77. The molecule has 0 bridgehead atoms. The van der Waals surface area contributed by atoms with Crippen LogP contribution in [0.1, 0.15) is 11.1 Å². The van der Waals surface area contributed by atoms with Crippen LogP contribution in [0.25, 0.3) is 6.08 Å². The van der Waals surface area contributed by atoms with Gasteiger partial charge in [-0.3, -0.25) is 9.00 Å². The van der Waals surface area contributed by atoms with Gasteiger partial charge in [-0.1, -0.05) is 6.07 Å². The summed E-state index contributed by atoms with van der Waals surface area (Å²) < 4.78 is 38.9. The van der Waals surface area contributed by atoms with Crippen LogP contribution in [0.3, 0.4) is 0 Å². The van der Waals surface area contributed by atoms with Crippen molar-refractivity contribution in [2.75, 3.05) is 34.3 Å². The molecule has 30 heavy (non-hydrogen) atoms. The number of halogens is 1. The van der Waals surface area contributed by atoms with Gasteiger partial charge in [0.1, 0.15) is 23.1 Å². The molecule has 9 heteroatoms. The summed E-state index contributed by atoms with van der Waals surface area (Å²) >= 11 is 5.49. The number of ether oxygens (including phenoxy) is 5. The van der Waals surface area contributed by atoms with E-state index < -0.39 is 16.8 Å². The van der Waals surface area contributed by atoms with Gasteiger partial charge in [-0.15, -0.1) is 11.6 Å². The largest absolute Gasteiger partial charge is 0.496 e. The zero-order chi connectivity index (χ0) is 22.1. The quantitative estimate of drug-likeness (QED) is 0.307. The van der Waals surface area contributed by atoms with Gasteiger partial charge in [-0.25, -0.2) is 0 Å². The zero-order valence-corrected chi connectivity index (χ0v) is 18.7. The Morgan fingerprint density at radius 2 is 1.57 bits per heavy atom. The fraction of sp³-hybridized carbons (Fsp3) is 0.286. The summed E-state index contributed by atoms with van der Waals surface area (Å²) in [6, 6.07) is 8.42. The van der Waals surface area contributed by atoms with Gasteiger partial charge in [0.15, 0.2) is 11.5 Å². The topological polar surface area (TPSA) is 80.3 Å². The van der Waals surface area contributed by atoms with E-state index in [1.54, 1.807) is 48.9 Å². The van der Waals surface area contributed by atoms with Gasteiger partial charge < -0.3 is 23.7 Å².